The molecule has 0 unspecified atom stereocenters. The molecular weight excluding hydrogens is 248 g/mol. The molecule has 1 aliphatic rings. The molecule has 0 atom stereocenters. The first kappa shape index (κ1) is 17.3. The van der Waals surface area contributed by atoms with Gasteiger partial charge in [0.25, 0.3) is 0 Å². The summed E-state index contributed by atoms with van der Waals surface area (Å²) in [5.41, 5.74) is 0. The van der Waals surface area contributed by atoms with Gasteiger partial charge in [0.05, 0.1) is 0 Å². The number of unbranched alkanes of at least 4 members (excludes halogenated alkanes) is 2. The lowest BCUT2D eigenvalue weighted by atomic mass is 10.1. The Hall–Kier alpha value is -0.770. The molecule has 0 bridgehead atoms. The second-order valence-electron chi connectivity index (χ2n) is 6.24. The van der Waals surface area contributed by atoms with Crippen LogP contribution in [0.25, 0.3) is 0 Å². The zero-order valence-corrected chi connectivity index (χ0v) is 13.7. The molecule has 1 heterocycles. The molecule has 0 aromatic carbocycles. The maximum atomic E-state index is 4.24. The Morgan fingerprint density at radius 3 is 2.45 bits per heavy atom. The third kappa shape index (κ3) is 8.41. The number of guanidine groups is 1. The van der Waals surface area contributed by atoms with Gasteiger partial charge in [0.15, 0.2) is 5.96 Å². The lowest BCUT2D eigenvalue weighted by Crippen LogP contribution is -2.39. The number of likely N-dealkylation sites (tertiary alicyclic amines) is 1. The lowest BCUT2D eigenvalue weighted by Gasteiger charge is -2.26. The van der Waals surface area contributed by atoms with Crippen LogP contribution in [0.5, 0.6) is 0 Å². The standard InChI is InChI=1S/C16H34N4/c1-15(2)14-19-16(17-3)18-10-6-4-7-11-20-12-8-5-9-13-20/h15H,4-14H2,1-3H3,(H2,17,18,19). The Morgan fingerprint density at radius 1 is 1.05 bits per heavy atom. The van der Waals surface area contributed by atoms with Crippen molar-refractivity contribution in [1.82, 2.24) is 15.5 Å². The van der Waals surface area contributed by atoms with E-state index < -0.39 is 0 Å². The summed E-state index contributed by atoms with van der Waals surface area (Å²) in [7, 11) is 1.84. The van der Waals surface area contributed by atoms with Gasteiger partial charge in [-0.2, -0.15) is 0 Å². The highest BCUT2D eigenvalue weighted by molar-refractivity contribution is 5.79. The van der Waals surface area contributed by atoms with E-state index in [-0.39, 0.29) is 0 Å². The normalized spacial score (nSPS) is 17.5. The van der Waals surface area contributed by atoms with Gasteiger partial charge in [-0.1, -0.05) is 26.7 Å². The fourth-order valence-electron chi connectivity index (χ4n) is 2.55. The van der Waals surface area contributed by atoms with Crippen molar-refractivity contribution in [3.8, 4) is 0 Å². The Morgan fingerprint density at radius 2 is 1.80 bits per heavy atom. The molecule has 20 heavy (non-hydrogen) atoms. The molecule has 4 nitrogen and oxygen atoms in total. The van der Waals surface area contributed by atoms with Crippen molar-refractivity contribution in [2.45, 2.75) is 52.4 Å². The van der Waals surface area contributed by atoms with Crippen LogP contribution in [0.4, 0.5) is 0 Å². The minimum atomic E-state index is 0.651. The third-order valence-electron chi connectivity index (χ3n) is 3.79. The summed E-state index contributed by atoms with van der Waals surface area (Å²) in [6.07, 6.45) is 8.11. The number of rotatable bonds is 8. The van der Waals surface area contributed by atoms with Crippen molar-refractivity contribution in [3.05, 3.63) is 0 Å². The second kappa shape index (κ2) is 11.0. The largest absolute Gasteiger partial charge is 0.356 e. The van der Waals surface area contributed by atoms with Gasteiger partial charge in [0.2, 0.25) is 0 Å². The molecule has 1 aliphatic heterocycles. The van der Waals surface area contributed by atoms with E-state index in [1.807, 2.05) is 7.05 Å². The Balaban J connectivity index is 1.95. The minimum absolute atomic E-state index is 0.651. The highest BCUT2D eigenvalue weighted by Gasteiger charge is 2.08. The summed E-state index contributed by atoms with van der Waals surface area (Å²) in [4.78, 5) is 6.86. The minimum Gasteiger partial charge on any atom is -0.356 e. The van der Waals surface area contributed by atoms with Gasteiger partial charge in [-0.25, -0.2) is 0 Å². The van der Waals surface area contributed by atoms with E-state index in [1.165, 1.54) is 58.2 Å². The maximum Gasteiger partial charge on any atom is 0.190 e. The molecule has 0 aliphatic carbocycles. The summed E-state index contributed by atoms with van der Waals surface area (Å²) < 4.78 is 0. The molecule has 1 rings (SSSR count). The molecule has 2 N–H and O–H groups in total. The average Bonchev–Trinajstić information content (AvgIpc) is 2.46. The summed E-state index contributed by atoms with van der Waals surface area (Å²) in [5.74, 6) is 1.59. The fraction of sp³-hybridized carbons (Fsp3) is 0.938. The zero-order chi connectivity index (χ0) is 14.6. The van der Waals surface area contributed by atoms with Crippen molar-refractivity contribution < 1.29 is 0 Å². The number of aliphatic imine (C=N–C) groups is 1. The highest BCUT2D eigenvalue weighted by atomic mass is 15.2. The average molecular weight is 282 g/mol. The number of nitrogens with one attached hydrogen (secondary N) is 2. The first-order chi connectivity index (χ1) is 9.72. The van der Waals surface area contributed by atoms with Crippen molar-refractivity contribution >= 4 is 5.96 Å². The van der Waals surface area contributed by atoms with E-state index in [0.29, 0.717) is 5.92 Å². The summed E-state index contributed by atoms with van der Waals surface area (Å²) >= 11 is 0. The first-order valence-electron chi connectivity index (χ1n) is 8.39. The fourth-order valence-corrected chi connectivity index (χ4v) is 2.55. The highest BCUT2D eigenvalue weighted by Crippen LogP contribution is 2.09. The predicted molar refractivity (Wildman–Crippen MR) is 88.3 cm³/mol. The van der Waals surface area contributed by atoms with E-state index in [9.17, 15) is 0 Å². The smallest absolute Gasteiger partial charge is 0.190 e. The third-order valence-corrected chi connectivity index (χ3v) is 3.79. The zero-order valence-electron chi connectivity index (χ0n) is 13.7. The van der Waals surface area contributed by atoms with Crippen LogP contribution in [0.3, 0.4) is 0 Å². The number of hydrogen-bond acceptors (Lipinski definition) is 2. The molecule has 0 spiro atoms. The van der Waals surface area contributed by atoms with Gasteiger partial charge < -0.3 is 15.5 Å². The summed E-state index contributed by atoms with van der Waals surface area (Å²) in [5, 5.41) is 6.73. The van der Waals surface area contributed by atoms with Crippen LogP contribution >= 0.6 is 0 Å². The van der Waals surface area contributed by atoms with Gasteiger partial charge in [-0.3, -0.25) is 4.99 Å². The summed E-state index contributed by atoms with van der Waals surface area (Å²) in [6, 6.07) is 0. The monoisotopic (exact) mass is 282 g/mol. The Labute approximate surface area is 125 Å². The molecule has 1 fully saturated rings. The quantitative estimate of drug-likeness (QED) is 0.408. The van der Waals surface area contributed by atoms with Crippen molar-refractivity contribution in [2.24, 2.45) is 10.9 Å². The van der Waals surface area contributed by atoms with Crippen LogP contribution in [0.1, 0.15) is 52.4 Å². The van der Waals surface area contributed by atoms with E-state index in [4.69, 9.17) is 0 Å². The topological polar surface area (TPSA) is 39.7 Å². The molecular formula is C16H34N4. The summed E-state index contributed by atoms with van der Waals surface area (Å²) in [6.45, 7) is 10.4. The van der Waals surface area contributed by atoms with Gasteiger partial charge in [-0.05, 0) is 51.2 Å². The van der Waals surface area contributed by atoms with Crippen LogP contribution in [0.2, 0.25) is 0 Å². The van der Waals surface area contributed by atoms with Crippen LogP contribution in [0.15, 0.2) is 4.99 Å². The van der Waals surface area contributed by atoms with Crippen LogP contribution in [0, 0.1) is 5.92 Å². The van der Waals surface area contributed by atoms with Gasteiger partial charge in [0, 0.05) is 20.1 Å². The van der Waals surface area contributed by atoms with E-state index in [2.05, 4.69) is 34.4 Å². The number of piperidine rings is 1. The lowest BCUT2D eigenvalue weighted by molar-refractivity contribution is 0.224. The van der Waals surface area contributed by atoms with Gasteiger partial charge in [0.1, 0.15) is 0 Å². The van der Waals surface area contributed by atoms with Crippen LogP contribution < -0.4 is 10.6 Å². The molecule has 0 radical (unpaired) electrons. The molecule has 1 saturated heterocycles. The van der Waals surface area contributed by atoms with Crippen molar-refractivity contribution in [2.75, 3.05) is 39.8 Å². The Bertz CT molecular complexity index is 257. The maximum absolute atomic E-state index is 4.24. The number of hydrogen-bond donors (Lipinski definition) is 2. The van der Waals surface area contributed by atoms with E-state index >= 15 is 0 Å². The second-order valence-corrected chi connectivity index (χ2v) is 6.24. The molecule has 0 amide bonds. The van der Waals surface area contributed by atoms with Crippen molar-refractivity contribution in [1.29, 1.82) is 0 Å². The van der Waals surface area contributed by atoms with E-state index in [1.54, 1.807) is 0 Å². The van der Waals surface area contributed by atoms with Crippen LogP contribution in [-0.4, -0.2) is 50.6 Å². The molecule has 0 aromatic rings. The van der Waals surface area contributed by atoms with Crippen molar-refractivity contribution in [3.63, 3.8) is 0 Å². The number of nitrogens with zero attached hydrogens (tertiary/aromatic N) is 2. The first-order valence-corrected chi connectivity index (χ1v) is 8.39. The molecule has 4 heteroatoms. The molecule has 118 valence electrons. The SMILES string of the molecule is CN=C(NCCCCCN1CCCCC1)NCC(C)C. The molecule has 0 aromatic heterocycles. The van der Waals surface area contributed by atoms with Gasteiger partial charge in [-0.15, -0.1) is 0 Å². The van der Waals surface area contributed by atoms with Crippen LogP contribution in [-0.2, 0) is 0 Å². The predicted octanol–water partition coefficient (Wildman–Crippen LogP) is 2.46. The van der Waals surface area contributed by atoms with E-state index in [0.717, 1.165) is 19.0 Å². The molecule has 0 saturated carbocycles. The Kier molecular flexibility index (Phi) is 9.46. The van der Waals surface area contributed by atoms with Gasteiger partial charge >= 0.3 is 0 Å².